The third kappa shape index (κ3) is 4.55. The Bertz CT molecular complexity index is 889. The van der Waals surface area contributed by atoms with Gasteiger partial charge in [0.05, 0.1) is 37.2 Å². The first-order valence-corrected chi connectivity index (χ1v) is 9.72. The normalized spacial score (nSPS) is 11.7. The van der Waals surface area contributed by atoms with E-state index in [2.05, 4.69) is 65.8 Å². The monoisotopic (exact) mass is 364 g/mol. The molecule has 5 heteroatoms. The standard InChI is InChI=1S/C22H29N5/c1-5-26(6-2)15-16-27-21-10-8-7-9-20(21)24-22(27)23-17-18-11-13-19(14-12-18)25(3)4/h7-14,17H,5-6,15-16H2,1-4H3/p+1. The Labute approximate surface area is 162 Å². The Balaban J connectivity index is 1.87. The van der Waals surface area contributed by atoms with Crippen LogP contribution in [0.5, 0.6) is 0 Å². The first-order valence-electron chi connectivity index (χ1n) is 9.72. The summed E-state index contributed by atoms with van der Waals surface area (Å²) < 4.78 is 2.24. The minimum absolute atomic E-state index is 0.777. The van der Waals surface area contributed by atoms with Crippen LogP contribution in [0.15, 0.2) is 53.5 Å². The van der Waals surface area contributed by atoms with Crippen LogP contribution in [0.2, 0.25) is 0 Å². The molecule has 3 aromatic rings. The van der Waals surface area contributed by atoms with Crippen LogP contribution in [0.1, 0.15) is 19.4 Å². The molecule has 142 valence electrons. The summed E-state index contributed by atoms with van der Waals surface area (Å²) in [5, 5.41) is 0. The van der Waals surface area contributed by atoms with Gasteiger partial charge >= 0.3 is 0 Å². The van der Waals surface area contributed by atoms with Gasteiger partial charge in [0.2, 0.25) is 5.95 Å². The van der Waals surface area contributed by atoms with E-state index in [0.29, 0.717) is 0 Å². The molecule has 0 amide bonds. The number of nitrogens with zero attached hydrogens (tertiary/aromatic N) is 4. The van der Waals surface area contributed by atoms with Crippen LogP contribution in [-0.4, -0.2) is 49.5 Å². The first kappa shape index (κ1) is 19.1. The van der Waals surface area contributed by atoms with Gasteiger partial charge in [-0.1, -0.05) is 24.3 Å². The molecule has 1 N–H and O–H groups in total. The smallest absolute Gasteiger partial charge is 0.230 e. The second kappa shape index (κ2) is 8.82. The molecule has 0 aliphatic rings. The maximum absolute atomic E-state index is 4.75. The second-order valence-electron chi connectivity index (χ2n) is 7.00. The predicted molar refractivity (Wildman–Crippen MR) is 115 cm³/mol. The molecule has 0 bridgehead atoms. The quantitative estimate of drug-likeness (QED) is 0.624. The van der Waals surface area contributed by atoms with Crippen molar-refractivity contribution in [3.63, 3.8) is 0 Å². The Kier molecular flexibility index (Phi) is 6.24. The number of anilines is 1. The van der Waals surface area contributed by atoms with Gasteiger partial charge in [0.15, 0.2) is 0 Å². The summed E-state index contributed by atoms with van der Waals surface area (Å²) in [7, 11) is 4.09. The van der Waals surface area contributed by atoms with Crippen LogP contribution in [0.25, 0.3) is 11.0 Å². The molecule has 27 heavy (non-hydrogen) atoms. The van der Waals surface area contributed by atoms with Crippen LogP contribution in [-0.2, 0) is 6.54 Å². The third-order valence-corrected chi connectivity index (χ3v) is 5.06. The van der Waals surface area contributed by atoms with E-state index in [0.717, 1.165) is 48.7 Å². The first-order chi connectivity index (χ1) is 13.1. The fourth-order valence-corrected chi connectivity index (χ4v) is 3.25. The molecule has 0 unspecified atom stereocenters. The number of hydrogen-bond acceptors (Lipinski definition) is 3. The number of aliphatic imine (C=N–C) groups is 1. The van der Waals surface area contributed by atoms with Gasteiger partial charge in [0.1, 0.15) is 0 Å². The minimum atomic E-state index is 0.777. The van der Waals surface area contributed by atoms with Crippen molar-refractivity contribution in [2.45, 2.75) is 20.4 Å². The number of para-hydroxylation sites is 2. The van der Waals surface area contributed by atoms with Crippen LogP contribution >= 0.6 is 0 Å². The lowest BCUT2D eigenvalue weighted by Crippen LogP contribution is -3.11. The summed E-state index contributed by atoms with van der Waals surface area (Å²) in [5.41, 5.74) is 4.41. The molecule has 0 saturated heterocycles. The van der Waals surface area contributed by atoms with Gasteiger partial charge < -0.3 is 14.4 Å². The second-order valence-corrected chi connectivity index (χ2v) is 7.00. The lowest BCUT2D eigenvalue weighted by atomic mass is 10.2. The SMILES string of the molecule is CC[NH+](CC)CCn1c(N=Cc2ccc(N(C)C)cc2)nc2ccccc21. The van der Waals surface area contributed by atoms with E-state index in [1.54, 1.807) is 4.90 Å². The van der Waals surface area contributed by atoms with E-state index >= 15 is 0 Å². The predicted octanol–water partition coefficient (Wildman–Crippen LogP) is 2.78. The van der Waals surface area contributed by atoms with Gasteiger partial charge in [-0.2, -0.15) is 0 Å². The summed E-state index contributed by atoms with van der Waals surface area (Å²) in [6, 6.07) is 16.7. The number of fused-ring (bicyclic) bond motifs is 1. The topological polar surface area (TPSA) is 37.9 Å². The molecule has 0 aliphatic carbocycles. The maximum atomic E-state index is 4.75. The average Bonchev–Trinajstić information content (AvgIpc) is 3.05. The van der Waals surface area contributed by atoms with Crippen molar-refractivity contribution < 1.29 is 4.90 Å². The largest absolute Gasteiger partial charge is 0.378 e. The van der Waals surface area contributed by atoms with E-state index in [1.165, 1.54) is 5.69 Å². The molecule has 0 saturated carbocycles. The van der Waals surface area contributed by atoms with Gasteiger partial charge in [0.25, 0.3) is 0 Å². The van der Waals surface area contributed by atoms with Crippen molar-refractivity contribution >= 4 is 28.9 Å². The van der Waals surface area contributed by atoms with Crippen molar-refractivity contribution in [3.05, 3.63) is 54.1 Å². The van der Waals surface area contributed by atoms with Crippen molar-refractivity contribution in [3.8, 4) is 0 Å². The van der Waals surface area contributed by atoms with Gasteiger partial charge in [-0.25, -0.2) is 9.98 Å². The van der Waals surface area contributed by atoms with E-state index in [1.807, 2.05) is 26.4 Å². The van der Waals surface area contributed by atoms with E-state index in [-0.39, 0.29) is 0 Å². The number of aromatic nitrogens is 2. The molecule has 0 radical (unpaired) electrons. The molecule has 1 heterocycles. The van der Waals surface area contributed by atoms with Crippen LogP contribution < -0.4 is 9.80 Å². The highest BCUT2D eigenvalue weighted by Gasteiger charge is 2.11. The van der Waals surface area contributed by atoms with Crippen LogP contribution in [0, 0.1) is 0 Å². The molecule has 2 aromatic carbocycles. The summed E-state index contributed by atoms with van der Waals surface area (Å²) in [6.07, 6.45) is 1.90. The fraction of sp³-hybridized carbons (Fsp3) is 0.364. The average molecular weight is 365 g/mol. The zero-order valence-electron chi connectivity index (χ0n) is 16.8. The van der Waals surface area contributed by atoms with Gasteiger partial charge in [-0.05, 0) is 43.7 Å². The van der Waals surface area contributed by atoms with Gasteiger partial charge in [-0.15, -0.1) is 0 Å². The van der Waals surface area contributed by atoms with E-state index in [9.17, 15) is 0 Å². The van der Waals surface area contributed by atoms with Crippen LogP contribution in [0.4, 0.5) is 11.6 Å². The number of likely N-dealkylation sites (N-methyl/N-ethyl adjacent to an activating group) is 1. The Hall–Kier alpha value is -2.66. The molecule has 0 fully saturated rings. The van der Waals surface area contributed by atoms with E-state index < -0.39 is 0 Å². The summed E-state index contributed by atoms with van der Waals surface area (Å²) >= 11 is 0. The number of rotatable bonds is 8. The highest BCUT2D eigenvalue weighted by molar-refractivity contribution is 5.84. The van der Waals surface area contributed by atoms with Crippen molar-refractivity contribution in [1.82, 2.24) is 9.55 Å². The zero-order valence-corrected chi connectivity index (χ0v) is 16.8. The number of hydrogen-bond donors (Lipinski definition) is 1. The highest BCUT2D eigenvalue weighted by Crippen LogP contribution is 2.21. The zero-order chi connectivity index (χ0) is 19.2. The van der Waals surface area contributed by atoms with Crippen molar-refractivity contribution in [2.75, 3.05) is 38.6 Å². The fourth-order valence-electron chi connectivity index (χ4n) is 3.25. The summed E-state index contributed by atoms with van der Waals surface area (Å²) in [5.74, 6) is 0.777. The van der Waals surface area contributed by atoms with Crippen LogP contribution in [0.3, 0.4) is 0 Å². The Morgan fingerprint density at radius 1 is 1.04 bits per heavy atom. The molecule has 0 aliphatic heterocycles. The molecule has 3 rings (SSSR count). The minimum Gasteiger partial charge on any atom is -0.378 e. The third-order valence-electron chi connectivity index (χ3n) is 5.06. The number of benzene rings is 2. The van der Waals surface area contributed by atoms with Gasteiger partial charge in [0, 0.05) is 26.0 Å². The number of nitrogens with one attached hydrogen (secondary N) is 1. The van der Waals surface area contributed by atoms with Crippen molar-refractivity contribution in [2.24, 2.45) is 4.99 Å². The molecule has 0 spiro atoms. The lowest BCUT2D eigenvalue weighted by Gasteiger charge is -2.16. The van der Waals surface area contributed by atoms with E-state index in [4.69, 9.17) is 9.98 Å². The summed E-state index contributed by atoms with van der Waals surface area (Å²) in [4.78, 5) is 13.2. The molecular weight excluding hydrogens is 334 g/mol. The Morgan fingerprint density at radius 3 is 2.41 bits per heavy atom. The lowest BCUT2D eigenvalue weighted by molar-refractivity contribution is -0.897. The molecule has 1 aromatic heterocycles. The Morgan fingerprint density at radius 2 is 1.74 bits per heavy atom. The number of quaternary nitrogens is 1. The molecule has 0 atom stereocenters. The molecule has 5 nitrogen and oxygen atoms in total. The van der Waals surface area contributed by atoms with Crippen molar-refractivity contribution in [1.29, 1.82) is 0 Å². The maximum Gasteiger partial charge on any atom is 0.230 e. The van der Waals surface area contributed by atoms with Gasteiger partial charge in [-0.3, -0.25) is 0 Å². The molecular formula is C22H30N5+. The summed E-state index contributed by atoms with van der Waals surface area (Å²) in [6.45, 7) is 8.75. The highest BCUT2D eigenvalue weighted by atomic mass is 15.2. The number of imidazole rings is 1.